The van der Waals surface area contributed by atoms with E-state index in [2.05, 4.69) is 5.32 Å². The highest BCUT2D eigenvalue weighted by Gasteiger charge is 2.17. The highest BCUT2D eigenvalue weighted by Crippen LogP contribution is 2.18. The zero-order chi connectivity index (χ0) is 14.5. The van der Waals surface area contributed by atoms with Gasteiger partial charge in [-0.2, -0.15) is 0 Å². The lowest BCUT2D eigenvalue weighted by Gasteiger charge is -2.15. The third-order valence-electron chi connectivity index (χ3n) is 2.64. The second kappa shape index (κ2) is 6.14. The van der Waals surface area contributed by atoms with Crippen LogP contribution in [0.1, 0.15) is 6.92 Å². The Morgan fingerprint density at radius 3 is 2.30 bits per heavy atom. The summed E-state index contributed by atoms with van der Waals surface area (Å²) in [5, 5.41) is 2.39. The number of hydrogen-bond acceptors (Lipinski definition) is 2. The summed E-state index contributed by atoms with van der Waals surface area (Å²) in [6.07, 6.45) is -0.952. The van der Waals surface area contributed by atoms with Crippen molar-refractivity contribution >= 4 is 11.6 Å². The van der Waals surface area contributed by atoms with Crippen molar-refractivity contribution in [1.82, 2.24) is 0 Å². The zero-order valence-corrected chi connectivity index (χ0v) is 10.8. The van der Waals surface area contributed by atoms with Crippen molar-refractivity contribution < 1.29 is 18.3 Å². The van der Waals surface area contributed by atoms with Gasteiger partial charge in [0, 0.05) is 0 Å². The van der Waals surface area contributed by atoms with Gasteiger partial charge in [0.2, 0.25) is 0 Å². The minimum Gasteiger partial charge on any atom is -0.478 e. The Morgan fingerprint density at radius 1 is 1.05 bits per heavy atom. The van der Waals surface area contributed by atoms with Gasteiger partial charge in [0.05, 0.1) is 5.69 Å². The van der Waals surface area contributed by atoms with Crippen LogP contribution in [0.2, 0.25) is 0 Å². The molecule has 20 heavy (non-hydrogen) atoms. The van der Waals surface area contributed by atoms with Crippen molar-refractivity contribution in [2.45, 2.75) is 13.0 Å². The first-order valence-electron chi connectivity index (χ1n) is 6.04. The highest BCUT2D eigenvalue weighted by molar-refractivity contribution is 5.94. The molecule has 0 aromatic heterocycles. The Balaban J connectivity index is 2.03. The van der Waals surface area contributed by atoms with Crippen molar-refractivity contribution in [1.29, 1.82) is 0 Å². The van der Waals surface area contributed by atoms with Gasteiger partial charge in [-0.05, 0) is 31.2 Å². The molecular formula is C15H13F2NO2. The fraction of sp³-hybridized carbons (Fsp3) is 0.133. The van der Waals surface area contributed by atoms with E-state index in [0.29, 0.717) is 0 Å². The van der Waals surface area contributed by atoms with Crippen molar-refractivity contribution in [3.05, 3.63) is 60.2 Å². The van der Waals surface area contributed by atoms with Crippen LogP contribution in [0.4, 0.5) is 14.5 Å². The molecule has 2 aromatic carbocycles. The van der Waals surface area contributed by atoms with Gasteiger partial charge in [-0.1, -0.05) is 24.3 Å². The number of anilines is 1. The number of halogens is 2. The number of hydrogen-bond donors (Lipinski definition) is 1. The summed E-state index contributed by atoms with van der Waals surface area (Å²) in [6.45, 7) is 1.46. The van der Waals surface area contributed by atoms with E-state index in [9.17, 15) is 13.6 Å². The number of benzene rings is 2. The van der Waals surface area contributed by atoms with Gasteiger partial charge >= 0.3 is 0 Å². The quantitative estimate of drug-likeness (QED) is 0.930. The average molecular weight is 277 g/mol. The largest absolute Gasteiger partial charge is 0.478 e. The zero-order valence-electron chi connectivity index (χ0n) is 10.8. The highest BCUT2D eigenvalue weighted by atomic mass is 19.1. The van der Waals surface area contributed by atoms with Crippen LogP contribution in [-0.4, -0.2) is 12.0 Å². The monoisotopic (exact) mass is 277 g/mol. The van der Waals surface area contributed by atoms with Crippen LogP contribution in [0, 0.1) is 11.6 Å². The fourth-order valence-corrected chi connectivity index (χ4v) is 1.58. The number of nitrogens with one attached hydrogen (secondary N) is 1. The fourth-order valence-electron chi connectivity index (χ4n) is 1.58. The molecule has 104 valence electrons. The number of rotatable bonds is 4. The number of ether oxygens (including phenoxy) is 1. The first-order valence-corrected chi connectivity index (χ1v) is 6.04. The van der Waals surface area contributed by atoms with Crippen LogP contribution in [-0.2, 0) is 4.79 Å². The minimum absolute atomic E-state index is 0.0244. The average Bonchev–Trinajstić information content (AvgIpc) is 2.43. The Kier molecular flexibility index (Phi) is 4.30. The van der Waals surface area contributed by atoms with Crippen LogP contribution in [0.5, 0.6) is 5.75 Å². The molecule has 0 aliphatic rings. The SMILES string of the molecule is C[C@@H](Oc1ccccc1F)C(=O)Nc1ccccc1F. The summed E-state index contributed by atoms with van der Waals surface area (Å²) in [7, 11) is 0. The van der Waals surface area contributed by atoms with E-state index in [4.69, 9.17) is 4.74 Å². The van der Waals surface area contributed by atoms with E-state index in [1.165, 1.54) is 43.3 Å². The third-order valence-corrected chi connectivity index (χ3v) is 2.64. The van der Waals surface area contributed by atoms with E-state index in [-0.39, 0.29) is 11.4 Å². The molecule has 1 amide bonds. The van der Waals surface area contributed by atoms with Crippen LogP contribution >= 0.6 is 0 Å². The predicted octanol–water partition coefficient (Wildman–Crippen LogP) is 3.37. The van der Waals surface area contributed by atoms with Crippen molar-refractivity contribution in [2.75, 3.05) is 5.32 Å². The van der Waals surface area contributed by atoms with Crippen LogP contribution in [0.15, 0.2) is 48.5 Å². The Hall–Kier alpha value is -2.43. The maximum absolute atomic E-state index is 13.4. The molecule has 5 heteroatoms. The molecule has 0 heterocycles. The van der Waals surface area contributed by atoms with Gasteiger partial charge in [-0.15, -0.1) is 0 Å². The topological polar surface area (TPSA) is 38.3 Å². The lowest BCUT2D eigenvalue weighted by Crippen LogP contribution is -2.30. The van der Waals surface area contributed by atoms with E-state index in [0.717, 1.165) is 0 Å². The number of amides is 1. The molecule has 0 fully saturated rings. The summed E-state index contributed by atoms with van der Waals surface area (Å²) in [4.78, 5) is 11.9. The second-order valence-electron chi connectivity index (χ2n) is 4.16. The molecule has 0 unspecified atom stereocenters. The molecule has 0 spiro atoms. The summed E-state index contributed by atoms with van der Waals surface area (Å²) in [5.74, 6) is -1.68. The molecule has 0 saturated heterocycles. The maximum atomic E-state index is 13.4. The van der Waals surface area contributed by atoms with Gasteiger partial charge in [0.15, 0.2) is 17.7 Å². The van der Waals surface area contributed by atoms with Gasteiger partial charge in [0.1, 0.15) is 5.82 Å². The lowest BCUT2D eigenvalue weighted by atomic mass is 10.2. The molecule has 0 bridgehead atoms. The summed E-state index contributed by atoms with van der Waals surface area (Å²) >= 11 is 0. The smallest absolute Gasteiger partial charge is 0.265 e. The Labute approximate surface area is 115 Å². The van der Waals surface area contributed by atoms with Crippen molar-refractivity contribution in [3.8, 4) is 5.75 Å². The minimum atomic E-state index is -0.952. The van der Waals surface area contributed by atoms with Crippen LogP contribution in [0.25, 0.3) is 0 Å². The van der Waals surface area contributed by atoms with E-state index in [1.807, 2.05) is 0 Å². The molecule has 0 aliphatic carbocycles. The first kappa shape index (κ1) is 14.0. The Bertz CT molecular complexity index is 616. The number of carbonyl (C=O) groups excluding carboxylic acids is 1. The van der Waals surface area contributed by atoms with Crippen molar-refractivity contribution in [2.24, 2.45) is 0 Å². The maximum Gasteiger partial charge on any atom is 0.265 e. The number of para-hydroxylation sites is 2. The van der Waals surface area contributed by atoms with Gasteiger partial charge < -0.3 is 10.1 Å². The summed E-state index contributed by atoms with van der Waals surface area (Å²) in [6, 6.07) is 11.6. The van der Waals surface area contributed by atoms with Crippen LogP contribution < -0.4 is 10.1 Å². The Morgan fingerprint density at radius 2 is 1.65 bits per heavy atom. The third kappa shape index (κ3) is 3.32. The lowest BCUT2D eigenvalue weighted by molar-refractivity contribution is -0.122. The van der Waals surface area contributed by atoms with Crippen molar-refractivity contribution in [3.63, 3.8) is 0 Å². The first-order chi connectivity index (χ1) is 9.58. The normalized spacial score (nSPS) is 11.8. The molecule has 0 saturated carbocycles. The molecule has 1 atom stereocenters. The standard InChI is InChI=1S/C15H13F2NO2/c1-10(20-14-9-5-3-7-12(14)17)15(19)18-13-8-4-2-6-11(13)16/h2-10H,1H3,(H,18,19)/t10-/m1/s1. The second-order valence-corrected chi connectivity index (χ2v) is 4.16. The summed E-state index contributed by atoms with van der Waals surface area (Å²) in [5.41, 5.74) is 0.0569. The molecule has 2 rings (SSSR count). The number of carbonyl (C=O) groups is 1. The molecule has 2 aromatic rings. The van der Waals surface area contributed by atoms with E-state index < -0.39 is 23.6 Å². The molecule has 1 N–H and O–H groups in total. The predicted molar refractivity (Wildman–Crippen MR) is 71.5 cm³/mol. The summed E-state index contributed by atoms with van der Waals surface area (Å²) < 4.78 is 32.0. The van der Waals surface area contributed by atoms with Gasteiger partial charge in [-0.25, -0.2) is 8.78 Å². The van der Waals surface area contributed by atoms with E-state index >= 15 is 0 Å². The van der Waals surface area contributed by atoms with E-state index in [1.54, 1.807) is 12.1 Å². The molecular weight excluding hydrogens is 264 g/mol. The van der Waals surface area contributed by atoms with Crippen LogP contribution in [0.3, 0.4) is 0 Å². The molecule has 3 nitrogen and oxygen atoms in total. The van der Waals surface area contributed by atoms with Gasteiger partial charge in [0.25, 0.3) is 5.91 Å². The van der Waals surface area contributed by atoms with Gasteiger partial charge in [-0.3, -0.25) is 4.79 Å². The molecule has 0 radical (unpaired) electrons. The molecule has 0 aliphatic heterocycles.